The summed E-state index contributed by atoms with van der Waals surface area (Å²) in [4.78, 5) is 19.4. The Hall–Kier alpha value is -0.630. The number of nitrogens with one attached hydrogen (secondary N) is 1. The van der Waals surface area contributed by atoms with Gasteiger partial charge in [0.05, 0.1) is 23.9 Å². The highest BCUT2D eigenvalue weighted by molar-refractivity contribution is 7.98. The highest BCUT2D eigenvalue weighted by Crippen LogP contribution is 2.33. The van der Waals surface area contributed by atoms with Gasteiger partial charge in [0.25, 0.3) is 0 Å². The number of morpholine rings is 1. The molecule has 0 atom stereocenters. The normalized spacial score (nSPS) is 20.8. The lowest BCUT2D eigenvalue weighted by molar-refractivity contribution is -0.122. The molecule has 0 aromatic carbocycles. The minimum absolute atomic E-state index is 0.156. The van der Waals surface area contributed by atoms with E-state index in [1.807, 2.05) is 6.92 Å². The lowest BCUT2D eigenvalue weighted by Gasteiger charge is -2.48. The Morgan fingerprint density at radius 2 is 2.12 bits per heavy atom. The summed E-state index contributed by atoms with van der Waals surface area (Å²) >= 11 is 3.48. The molecule has 7 heteroatoms. The molecule has 3 rings (SSSR count). The fourth-order valence-electron chi connectivity index (χ4n) is 4.02. The number of hydrogen-bond acceptors (Lipinski definition) is 6. The van der Waals surface area contributed by atoms with Gasteiger partial charge in [-0.2, -0.15) is 11.8 Å². The molecule has 1 aromatic heterocycles. The topological polar surface area (TPSA) is 54.5 Å². The first-order valence-electron chi connectivity index (χ1n) is 9.76. The van der Waals surface area contributed by atoms with Crippen molar-refractivity contribution in [3.8, 4) is 0 Å². The first-order valence-corrected chi connectivity index (χ1v) is 11.8. The fourth-order valence-corrected chi connectivity index (χ4v) is 5.57. The van der Waals surface area contributed by atoms with Crippen molar-refractivity contribution in [1.29, 1.82) is 0 Å². The third-order valence-corrected chi connectivity index (χ3v) is 7.29. The van der Waals surface area contributed by atoms with E-state index >= 15 is 0 Å². The van der Waals surface area contributed by atoms with E-state index in [0.29, 0.717) is 6.42 Å². The average molecular weight is 398 g/mol. The molecule has 146 valence electrons. The van der Waals surface area contributed by atoms with Crippen LogP contribution in [0.25, 0.3) is 0 Å². The van der Waals surface area contributed by atoms with Gasteiger partial charge in [-0.1, -0.05) is 19.3 Å². The number of ether oxygens (including phenoxy) is 1. The molecular formula is C19H31N3O2S2. The summed E-state index contributed by atoms with van der Waals surface area (Å²) in [6.07, 6.45) is 6.86. The van der Waals surface area contributed by atoms with Crippen molar-refractivity contribution in [3.05, 3.63) is 16.1 Å². The molecule has 5 nitrogen and oxygen atoms in total. The average Bonchev–Trinajstić information content (AvgIpc) is 3.10. The second-order valence-electron chi connectivity index (χ2n) is 7.32. The maximum atomic E-state index is 12.3. The molecule has 2 aliphatic rings. The van der Waals surface area contributed by atoms with Gasteiger partial charge in [-0.05, 0) is 19.8 Å². The second kappa shape index (κ2) is 10.1. The number of hydrogen-bond donors (Lipinski definition) is 1. The van der Waals surface area contributed by atoms with Crippen molar-refractivity contribution >= 4 is 29.0 Å². The molecule has 1 saturated carbocycles. The Morgan fingerprint density at radius 1 is 1.35 bits per heavy atom. The Balaban J connectivity index is 1.40. The van der Waals surface area contributed by atoms with Crippen molar-refractivity contribution in [2.75, 3.05) is 38.6 Å². The first-order chi connectivity index (χ1) is 12.7. The highest BCUT2D eigenvalue weighted by atomic mass is 32.2. The third kappa shape index (κ3) is 5.68. The zero-order chi connectivity index (χ0) is 18.2. The number of amides is 1. The van der Waals surface area contributed by atoms with Crippen molar-refractivity contribution in [3.63, 3.8) is 0 Å². The van der Waals surface area contributed by atoms with Crippen LogP contribution in [0.2, 0.25) is 0 Å². The van der Waals surface area contributed by atoms with Crippen LogP contribution in [0.15, 0.2) is 5.38 Å². The molecule has 26 heavy (non-hydrogen) atoms. The van der Waals surface area contributed by atoms with Gasteiger partial charge < -0.3 is 10.1 Å². The summed E-state index contributed by atoms with van der Waals surface area (Å²) in [6, 6.07) is 0. The molecule has 1 aromatic rings. The SMILES string of the molecule is Cc1nc(CSCCC(=O)NCC2(N3CCOCC3)CCCCC2)cs1. The van der Waals surface area contributed by atoms with Gasteiger partial charge >= 0.3 is 0 Å². The summed E-state index contributed by atoms with van der Waals surface area (Å²) < 4.78 is 5.53. The maximum Gasteiger partial charge on any atom is 0.220 e. The van der Waals surface area contributed by atoms with E-state index in [1.165, 1.54) is 32.1 Å². The molecule has 1 amide bonds. The zero-order valence-corrected chi connectivity index (χ0v) is 17.4. The molecule has 0 bridgehead atoms. The van der Waals surface area contributed by atoms with Crippen LogP contribution in [-0.2, 0) is 15.3 Å². The van der Waals surface area contributed by atoms with Crippen LogP contribution >= 0.6 is 23.1 Å². The van der Waals surface area contributed by atoms with E-state index in [9.17, 15) is 4.79 Å². The number of aryl methyl sites for hydroxylation is 1. The molecule has 1 saturated heterocycles. The molecule has 1 aliphatic heterocycles. The van der Waals surface area contributed by atoms with Crippen LogP contribution in [0.4, 0.5) is 0 Å². The van der Waals surface area contributed by atoms with Gasteiger partial charge in [0.1, 0.15) is 0 Å². The number of aromatic nitrogens is 1. The van der Waals surface area contributed by atoms with Gasteiger partial charge in [0, 0.05) is 48.5 Å². The van der Waals surface area contributed by atoms with E-state index in [4.69, 9.17) is 4.74 Å². The quantitative estimate of drug-likeness (QED) is 0.683. The van der Waals surface area contributed by atoms with Gasteiger partial charge in [-0.15, -0.1) is 11.3 Å². The zero-order valence-electron chi connectivity index (χ0n) is 15.8. The number of carbonyl (C=O) groups excluding carboxylic acids is 1. The molecule has 0 spiro atoms. The summed E-state index contributed by atoms with van der Waals surface area (Å²) in [6.45, 7) is 6.46. The lowest BCUT2D eigenvalue weighted by atomic mass is 9.79. The van der Waals surface area contributed by atoms with Gasteiger partial charge in [0.2, 0.25) is 5.91 Å². The van der Waals surface area contributed by atoms with E-state index in [0.717, 1.165) is 55.1 Å². The minimum Gasteiger partial charge on any atom is -0.379 e. The van der Waals surface area contributed by atoms with Crippen molar-refractivity contribution < 1.29 is 9.53 Å². The van der Waals surface area contributed by atoms with Crippen LogP contribution in [0.3, 0.4) is 0 Å². The molecule has 2 fully saturated rings. The molecule has 0 radical (unpaired) electrons. The number of thioether (sulfide) groups is 1. The van der Waals surface area contributed by atoms with E-state index < -0.39 is 0 Å². The van der Waals surface area contributed by atoms with E-state index in [2.05, 4.69) is 20.6 Å². The Bertz CT molecular complexity index is 567. The summed E-state index contributed by atoms with van der Waals surface area (Å²) in [5, 5.41) is 6.46. The third-order valence-electron chi connectivity index (χ3n) is 5.47. The van der Waals surface area contributed by atoms with Crippen molar-refractivity contribution in [1.82, 2.24) is 15.2 Å². The van der Waals surface area contributed by atoms with Crippen LogP contribution < -0.4 is 5.32 Å². The first kappa shape index (κ1) is 20.1. The fraction of sp³-hybridized carbons (Fsp3) is 0.789. The Kier molecular flexibility index (Phi) is 7.78. The van der Waals surface area contributed by atoms with Crippen LogP contribution in [-0.4, -0.2) is 59.9 Å². The Morgan fingerprint density at radius 3 is 2.81 bits per heavy atom. The standard InChI is InChI=1S/C19H31N3O2S2/c1-16-21-17(14-26-16)13-25-12-5-18(23)20-15-19(6-3-2-4-7-19)22-8-10-24-11-9-22/h14H,2-13,15H2,1H3,(H,20,23). The molecule has 2 heterocycles. The van der Waals surface area contributed by atoms with Gasteiger partial charge in [0.15, 0.2) is 0 Å². The lowest BCUT2D eigenvalue weighted by Crippen LogP contribution is -2.59. The van der Waals surface area contributed by atoms with Crippen LogP contribution in [0.1, 0.15) is 49.2 Å². The number of rotatable bonds is 8. The summed E-state index contributed by atoms with van der Waals surface area (Å²) in [7, 11) is 0. The molecule has 1 aliphatic carbocycles. The van der Waals surface area contributed by atoms with Crippen LogP contribution in [0, 0.1) is 6.92 Å². The van der Waals surface area contributed by atoms with Gasteiger partial charge in [-0.3, -0.25) is 9.69 Å². The number of carbonyl (C=O) groups is 1. The van der Waals surface area contributed by atoms with E-state index in [1.54, 1.807) is 23.1 Å². The summed E-state index contributed by atoms with van der Waals surface area (Å²) in [5.74, 6) is 1.94. The highest BCUT2D eigenvalue weighted by Gasteiger charge is 2.38. The number of thiazole rings is 1. The van der Waals surface area contributed by atoms with Gasteiger partial charge in [-0.25, -0.2) is 4.98 Å². The van der Waals surface area contributed by atoms with Crippen molar-refractivity contribution in [2.24, 2.45) is 0 Å². The predicted octanol–water partition coefficient (Wildman–Crippen LogP) is 3.23. The minimum atomic E-state index is 0.156. The smallest absolute Gasteiger partial charge is 0.220 e. The Labute approximate surface area is 165 Å². The van der Waals surface area contributed by atoms with E-state index in [-0.39, 0.29) is 11.4 Å². The molecule has 1 N–H and O–H groups in total. The monoisotopic (exact) mass is 397 g/mol. The molecule has 0 unspecified atom stereocenters. The largest absolute Gasteiger partial charge is 0.379 e. The summed E-state index contributed by atoms with van der Waals surface area (Å²) in [5.41, 5.74) is 1.29. The maximum absolute atomic E-state index is 12.3. The molecular weight excluding hydrogens is 366 g/mol. The van der Waals surface area contributed by atoms with Crippen molar-refractivity contribution in [2.45, 2.75) is 56.7 Å². The number of nitrogens with zero attached hydrogens (tertiary/aromatic N) is 2. The predicted molar refractivity (Wildman–Crippen MR) is 109 cm³/mol. The second-order valence-corrected chi connectivity index (χ2v) is 9.49. The van der Waals surface area contributed by atoms with Crippen LogP contribution in [0.5, 0.6) is 0 Å².